The molecule has 7 heteroatoms. The number of rotatable bonds is 6. The Bertz CT molecular complexity index is 500. The molecule has 0 radical (unpaired) electrons. The molecule has 7 nitrogen and oxygen atoms in total. The Labute approximate surface area is 104 Å². The van der Waals surface area contributed by atoms with Gasteiger partial charge in [0.2, 0.25) is 5.82 Å². The predicted octanol–water partition coefficient (Wildman–Crippen LogP) is 0.219. The molecule has 0 amide bonds. The molecular weight excluding hydrogens is 234 g/mol. The molecule has 0 aliphatic carbocycles. The van der Waals surface area contributed by atoms with E-state index in [1.165, 1.54) is 4.80 Å². The summed E-state index contributed by atoms with van der Waals surface area (Å²) in [4.78, 5) is 1.45. The predicted molar refractivity (Wildman–Crippen MR) is 64.2 cm³/mol. The number of methoxy groups -OCH3 is 1. The van der Waals surface area contributed by atoms with Crippen LogP contribution in [0.1, 0.15) is 5.82 Å². The van der Waals surface area contributed by atoms with Crippen LogP contribution in [0.25, 0.3) is 0 Å². The maximum atomic E-state index is 5.57. The molecule has 2 rings (SSSR count). The van der Waals surface area contributed by atoms with Crippen LogP contribution in [0.4, 0.5) is 0 Å². The molecule has 0 bridgehead atoms. The van der Waals surface area contributed by atoms with Gasteiger partial charge in [-0.15, -0.1) is 10.2 Å². The summed E-state index contributed by atoms with van der Waals surface area (Å²) >= 11 is 0. The fraction of sp³-hybridized carbons (Fsp3) is 0.364. The summed E-state index contributed by atoms with van der Waals surface area (Å²) in [6, 6.07) is 7.40. The molecule has 0 fully saturated rings. The van der Waals surface area contributed by atoms with Gasteiger partial charge in [-0.25, -0.2) is 0 Å². The molecule has 0 unspecified atom stereocenters. The molecule has 0 aliphatic heterocycles. The first-order chi connectivity index (χ1) is 8.83. The zero-order valence-corrected chi connectivity index (χ0v) is 10.1. The molecule has 0 atom stereocenters. The van der Waals surface area contributed by atoms with E-state index in [-0.39, 0.29) is 6.61 Å². The number of nitrogens with zero attached hydrogens (tertiary/aromatic N) is 4. The Morgan fingerprint density at radius 2 is 2.06 bits per heavy atom. The van der Waals surface area contributed by atoms with Crippen molar-refractivity contribution in [2.24, 2.45) is 5.73 Å². The fourth-order valence-corrected chi connectivity index (χ4v) is 1.42. The fourth-order valence-electron chi connectivity index (χ4n) is 1.42. The molecule has 1 heterocycles. The Hall–Kier alpha value is -2.15. The van der Waals surface area contributed by atoms with Crippen molar-refractivity contribution in [1.82, 2.24) is 20.2 Å². The lowest BCUT2D eigenvalue weighted by Gasteiger charge is -2.07. The second kappa shape index (κ2) is 5.97. The SMILES string of the molecule is COc1ccccc1OCc1nnn(CCN)n1. The van der Waals surface area contributed by atoms with Crippen LogP contribution in [-0.4, -0.2) is 33.9 Å². The maximum absolute atomic E-state index is 5.57. The van der Waals surface area contributed by atoms with Crippen molar-refractivity contribution < 1.29 is 9.47 Å². The number of para-hydroxylation sites is 2. The zero-order chi connectivity index (χ0) is 12.8. The average molecular weight is 249 g/mol. The van der Waals surface area contributed by atoms with Crippen LogP contribution in [0.5, 0.6) is 11.5 Å². The molecule has 0 aliphatic rings. The van der Waals surface area contributed by atoms with Crippen LogP contribution < -0.4 is 15.2 Å². The van der Waals surface area contributed by atoms with E-state index in [4.69, 9.17) is 15.2 Å². The van der Waals surface area contributed by atoms with E-state index in [0.29, 0.717) is 30.4 Å². The maximum Gasteiger partial charge on any atom is 0.212 e. The van der Waals surface area contributed by atoms with Gasteiger partial charge in [0.15, 0.2) is 18.1 Å². The highest BCUT2D eigenvalue weighted by molar-refractivity contribution is 5.39. The summed E-state index contributed by atoms with van der Waals surface area (Å²) in [5.74, 6) is 1.83. The lowest BCUT2D eigenvalue weighted by molar-refractivity contribution is 0.275. The molecule has 1 aromatic carbocycles. The first-order valence-electron chi connectivity index (χ1n) is 5.56. The number of benzene rings is 1. The quantitative estimate of drug-likeness (QED) is 0.787. The van der Waals surface area contributed by atoms with Crippen molar-refractivity contribution in [1.29, 1.82) is 0 Å². The number of hydrogen-bond acceptors (Lipinski definition) is 6. The summed E-state index contributed by atoms with van der Waals surface area (Å²) < 4.78 is 10.7. The van der Waals surface area contributed by atoms with E-state index in [1.807, 2.05) is 24.3 Å². The van der Waals surface area contributed by atoms with E-state index >= 15 is 0 Å². The van der Waals surface area contributed by atoms with Crippen LogP contribution in [0.2, 0.25) is 0 Å². The smallest absolute Gasteiger partial charge is 0.212 e. The van der Waals surface area contributed by atoms with E-state index < -0.39 is 0 Å². The van der Waals surface area contributed by atoms with Crippen molar-refractivity contribution in [3.63, 3.8) is 0 Å². The van der Waals surface area contributed by atoms with Gasteiger partial charge in [0, 0.05) is 6.54 Å². The van der Waals surface area contributed by atoms with Crippen molar-refractivity contribution >= 4 is 0 Å². The summed E-state index contributed by atoms with van der Waals surface area (Å²) in [5, 5.41) is 11.8. The summed E-state index contributed by atoms with van der Waals surface area (Å²) in [7, 11) is 1.60. The van der Waals surface area contributed by atoms with E-state index in [1.54, 1.807) is 7.11 Å². The summed E-state index contributed by atoms with van der Waals surface area (Å²) in [6.07, 6.45) is 0. The summed E-state index contributed by atoms with van der Waals surface area (Å²) in [5.41, 5.74) is 5.40. The number of ether oxygens (including phenoxy) is 2. The third-order valence-electron chi connectivity index (χ3n) is 2.25. The molecule has 18 heavy (non-hydrogen) atoms. The van der Waals surface area contributed by atoms with Gasteiger partial charge >= 0.3 is 0 Å². The van der Waals surface area contributed by atoms with Gasteiger partial charge in [0.05, 0.1) is 13.7 Å². The van der Waals surface area contributed by atoms with Gasteiger partial charge in [-0.1, -0.05) is 12.1 Å². The largest absolute Gasteiger partial charge is 0.493 e. The molecule has 0 saturated carbocycles. The Balaban J connectivity index is 1.97. The minimum atomic E-state index is 0.241. The Morgan fingerprint density at radius 1 is 1.28 bits per heavy atom. The van der Waals surface area contributed by atoms with Crippen LogP contribution in [0.3, 0.4) is 0 Å². The lowest BCUT2D eigenvalue weighted by Crippen LogP contribution is -2.12. The molecule has 96 valence electrons. The number of aromatic nitrogens is 4. The monoisotopic (exact) mass is 249 g/mol. The van der Waals surface area contributed by atoms with Crippen LogP contribution in [0.15, 0.2) is 24.3 Å². The van der Waals surface area contributed by atoms with Gasteiger partial charge in [-0.05, 0) is 17.3 Å². The molecule has 2 aromatic rings. The van der Waals surface area contributed by atoms with Gasteiger partial charge in [0.1, 0.15) is 0 Å². The van der Waals surface area contributed by atoms with Crippen LogP contribution in [-0.2, 0) is 13.2 Å². The van der Waals surface area contributed by atoms with Crippen molar-refractivity contribution in [3.05, 3.63) is 30.1 Å². The van der Waals surface area contributed by atoms with Gasteiger partial charge in [0.25, 0.3) is 0 Å². The first-order valence-corrected chi connectivity index (χ1v) is 5.56. The second-order valence-corrected chi connectivity index (χ2v) is 3.53. The first kappa shape index (κ1) is 12.3. The van der Waals surface area contributed by atoms with Crippen molar-refractivity contribution in [2.75, 3.05) is 13.7 Å². The molecule has 0 saturated heterocycles. The highest BCUT2D eigenvalue weighted by Crippen LogP contribution is 2.26. The molecule has 0 spiro atoms. The highest BCUT2D eigenvalue weighted by atomic mass is 16.5. The highest BCUT2D eigenvalue weighted by Gasteiger charge is 2.06. The van der Waals surface area contributed by atoms with E-state index in [2.05, 4.69) is 15.4 Å². The third kappa shape index (κ3) is 2.95. The van der Waals surface area contributed by atoms with Crippen LogP contribution in [0, 0.1) is 0 Å². The average Bonchev–Trinajstić information content (AvgIpc) is 2.85. The lowest BCUT2D eigenvalue weighted by atomic mass is 10.3. The standard InChI is InChI=1S/C11H15N5O2/c1-17-9-4-2-3-5-10(9)18-8-11-13-15-16(14-11)7-6-12/h2-5H,6-8,12H2,1H3. The van der Waals surface area contributed by atoms with Crippen LogP contribution >= 0.6 is 0 Å². The molecular formula is C11H15N5O2. The van der Waals surface area contributed by atoms with Gasteiger partial charge in [-0.3, -0.25) is 0 Å². The van der Waals surface area contributed by atoms with Gasteiger partial charge < -0.3 is 15.2 Å². The van der Waals surface area contributed by atoms with Crippen molar-refractivity contribution in [2.45, 2.75) is 13.2 Å². The van der Waals surface area contributed by atoms with E-state index in [0.717, 1.165) is 0 Å². The second-order valence-electron chi connectivity index (χ2n) is 3.53. The minimum Gasteiger partial charge on any atom is -0.493 e. The molecule has 2 N–H and O–H groups in total. The Kier molecular flexibility index (Phi) is 4.08. The number of tetrazole rings is 1. The van der Waals surface area contributed by atoms with Gasteiger partial charge in [-0.2, -0.15) is 4.80 Å². The topological polar surface area (TPSA) is 88.1 Å². The third-order valence-corrected chi connectivity index (χ3v) is 2.25. The Morgan fingerprint density at radius 3 is 2.78 bits per heavy atom. The normalized spacial score (nSPS) is 10.3. The zero-order valence-electron chi connectivity index (χ0n) is 10.1. The summed E-state index contributed by atoms with van der Waals surface area (Å²) in [6.45, 7) is 1.26. The number of nitrogens with two attached hydrogens (primary N) is 1. The van der Waals surface area contributed by atoms with Crippen molar-refractivity contribution in [3.8, 4) is 11.5 Å². The number of hydrogen-bond donors (Lipinski definition) is 1. The van der Waals surface area contributed by atoms with E-state index in [9.17, 15) is 0 Å². The minimum absolute atomic E-state index is 0.241. The molecule has 1 aromatic heterocycles.